The van der Waals surface area contributed by atoms with Crippen LogP contribution in [0.3, 0.4) is 0 Å². The zero-order chi connectivity index (χ0) is 34.2. The molecule has 0 unspecified atom stereocenters. The van der Waals surface area contributed by atoms with Crippen molar-refractivity contribution in [1.29, 1.82) is 0 Å². The zero-order valence-corrected chi connectivity index (χ0v) is 27.8. The molecule has 5 heteroatoms. The summed E-state index contributed by atoms with van der Waals surface area (Å²) in [6.45, 7) is 0. The van der Waals surface area contributed by atoms with Crippen LogP contribution >= 0.6 is 0 Å². The van der Waals surface area contributed by atoms with Crippen LogP contribution in [0.15, 0.2) is 183 Å². The van der Waals surface area contributed by atoms with Crippen LogP contribution in [0, 0.1) is 0 Å². The number of oxazole rings is 1. The molecule has 244 valence electrons. The number of hydrogen-bond donors (Lipinski definition) is 0. The maximum absolute atomic E-state index is 6.61. The van der Waals surface area contributed by atoms with Crippen molar-refractivity contribution >= 4 is 82.8 Å². The molecule has 0 atom stereocenters. The Morgan fingerprint density at radius 2 is 1.08 bits per heavy atom. The Balaban J connectivity index is 1.09. The first-order valence-electron chi connectivity index (χ1n) is 17.4. The SMILES string of the molecule is c1ccc(-c2cccc(N(c3ccc4c(c3)oc3cccc(-c5nc6cc7ccccc7cc6o5)c34)c3ccc4oc5ccccc5c4c3)c2)cc1. The molecule has 0 amide bonds. The number of furan rings is 2. The Kier molecular flexibility index (Phi) is 6.18. The van der Waals surface area contributed by atoms with Crippen molar-refractivity contribution < 1.29 is 13.3 Å². The van der Waals surface area contributed by atoms with E-state index in [1.807, 2.05) is 42.5 Å². The van der Waals surface area contributed by atoms with Gasteiger partial charge >= 0.3 is 0 Å². The van der Waals surface area contributed by atoms with Crippen molar-refractivity contribution in [3.05, 3.63) is 170 Å². The fraction of sp³-hybridized carbons (Fsp3) is 0. The van der Waals surface area contributed by atoms with Gasteiger partial charge < -0.3 is 18.2 Å². The minimum Gasteiger partial charge on any atom is -0.456 e. The average molecular weight is 669 g/mol. The highest BCUT2D eigenvalue weighted by Gasteiger charge is 2.21. The lowest BCUT2D eigenvalue weighted by molar-refractivity contribution is 0.620. The van der Waals surface area contributed by atoms with Crippen molar-refractivity contribution in [1.82, 2.24) is 4.98 Å². The van der Waals surface area contributed by atoms with Crippen molar-refractivity contribution in [2.45, 2.75) is 0 Å². The maximum atomic E-state index is 6.61. The highest BCUT2D eigenvalue weighted by atomic mass is 16.4. The normalized spacial score (nSPS) is 11.8. The van der Waals surface area contributed by atoms with Gasteiger partial charge in [0, 0.05) is 50.2 Å². The number of anilines is 3. The first kappa shape index (κ1) is 28.7. The van der Waals surface area contributed by atoms with E-state index in [1.54, 1.807) is 0 Å². The van der Waals surface area contributed by atoms with Crippen LogP contribution in [0.5, 0.6) is 0 Å². The van der Waals surface area contributed by atoms with Crippen molar-refractivity contribution in [3.8, 4) is 22.6 Å². The Morgan fingerprint density at radius 1 is 0.385 bits per heavy atom. The van der Waals surface area contributed by atoms with E-state index in [4.69, 9.17) is 18.2 Å². The molecule has 0 bridgehead atoms. The number of para-hydroxylation sites is 1. The van der Waals surface area contributed by atoms with Crippen molar-refractivity contribution in [2.75, 3.05) is 4.90 Å². The monoisotopic (exact) mass is 668 g/mol. The third-order valence-corrected chi connectivity index (χ3v) is 10.1. The highest BCUT2D eigenvalue weighted by molar-refractivity contribution is 6.13. The Hall–Kier alpha value is -7.11. The summed E-state index contributed by atoms with van der Waals surface area (Å²) in [5.74, 6) is 0.572. The van der Waals surface area contributed by atoms with E-state index in [2.05, 4.69) is 132 Å². The molecule has 0 aliphatic rings. The standard InChI is InChI=1S/C47H28N2O3/c1-2-10-29(11-3-1)30-14-8-15-33(24-30)49(34-21-23-42-39(27-34)36-16-6-7-18-41(36)50-42)35-20-22-37-44(28-35)51-43-19-9-17-38(46(37)43)47-48-40-25-31-12-4-5-13-32(31)26-45(40)52-47/h1-28H. The molecule has 0 aliphatic carbocycles. The molecular formula is C47H28N2O3. The lowest BCUT2D eigenvalue weighted by atomic mass is 10.0. The van der Waals surface area contributed by atoms with Gasteiger partial charge in [0.2, 0.25) is 5.89 Å². The van der Waals surface area contributed by atoms with Gasteiger partial charge in [0.05, 0.1) is 0 Å². The third-order valence-electron chi connectivity index (χ3n) is 10.1. The van der Waals surface area contributed by atoms with Crippen molar-refractivity contribution in [3.63, 3.8) is 0 Å². The van der Waals surface area contributed by atoms with Gasteiger partial charge in [-0.05, 0) is 94.7 Å². The minimum atomic E-state index is 0.572. The van der Waals surface area contributed by atoms with E-state index < -0.39 is 0 Å². The number of aromatic nitrogens is 1. The molecule has 3 aromatic heterocycles. The molecule has 0 aliphatic heterocycles. The summed E-state index contributed by atoms with van der Waals surface area (Å²) in [5, 5.41) is 6.38. The van der Waals surface area contributed by atoms with Crippen molar-refractivity contribution in [2.24, 2.45) is 0 Å². The molecular weight excluding hydrogens is 641 g/mol. The molecule has 0 saturated carbocycles. The molecule has 0 fully saturated rings. The van der Waals surface area contributed by atoms with Gasteiger partial charge in [-0.15, -0.1) is 0 Å². The quantitative estimate of drug-likeness (QED) is 0.183. The van der Waals surface area contributed by atoms with Gasteiger partial charge in [-0.3, -0.25) is 0 Å². The van der Waals surface area contributed by atoms with Gasteiger partial charge in [-0.25, -0.2) is 4.98 Å². The second kappa shape index (κ2) is 11.2. The summed E-state index contributed by atoms with van der Waals surface area (Å²) in [7, 11) is 0. The number of hydrogen-bond acceptors (Lipinski definition) is 5. The van der Waals surface area contributed by atoms with E-state index in [0.717, 1.165) is 99.5 Å². The molecule has 11 rings (SSSR count). The van der Waals surface area contributed by atoms with Gasteiger partial charge in [0.1, 0.15) is 27.8 Å². The molecule has 5 nitrogen and oxygen atoms in total. The largest absolute Gasteiger partial charge is 0.456 e. The number of rotatable bonds is 5. The molecule has 11 aromatic rings. The summed E-state index contributed by atoms with van der Waals surface area (Å²) in [6, 6.07) is 58.7. The summed E-state index contributed by atoms with van der Waals surface area (Å²) in [5.41, 5.74) is 11.1. The number of fused-ring (bicyclic) bond motifs is 8. The van der Waals surface area contributed by atoms with Crippen LogP contribution in [0.4, 0.5) is 17.1 Å². The fourth-order valence-electron chi connectivity index (χ4n) is 7.62. The smallest absolute Gasteiger partial charge is 0.228 e. The average Bonchev–Trinajstić information content (AvgIpc) is 3.90. The lowest BCUT2D eigenvalue weighted by Crippen LogP contribution is -2.10. The predicted octanol–water partition coefficient (Wildman–Crippen LogP) is 13.6. The molecule has 0 saturated heterocycles. The summed E-state index contributed by atoms with van der Waals surface area (Å²) >= 11 is 0. The molecule has 52 heavy (non-hydrogen) atoms. The van der Waals surface area contributed by atoms with E-state index in [0.29, 0.717) is 5.89 Å². The maximum Gasteiger partial charge on any atom is 0.228 e. The van der Waals surface area contributed by atoms with Gasteiger partial charge in [-0.1, -0.05) is 91.0 Å². The summed E-state index contributed by atoms with van der Waals surface area (Å²) < 4.78 is 19.2. The van der Waals surface area contributed by atoms with Gasteiger partial charge in [0.25, 0.3) is 0 Å². The van der Waals surface area contributed by atoms with E-state index in [-0.39, 0.29) is 0 Å². The Morgan fingerprint density at radius 3 is 2.00 bits per heavy atom. The lowest BCUT2D eigenvalue weighted by Gasteiger charge is -2.26. The molecule has 0 radical (unpaired) electrons. The van der Waals surface area contributed by atoms with E-state index in [9.17, 15) is 0 Å². The first-order chi connectivity index (χ1) is 25.7. The Labute approximate surface area is 297 Å². The Bertz CT molecular complexity index is 3100. The molecule has 0 spiro atoms. The van der Waals surface area contributed by atoms with Crippen LogP contribution in [0.25, 0.3) is 88.3 Å². The predicted molar refractivity (Wildman–Crippen MR) is 212 cm³/mol. The molecule has 0 N–H and O–H groups in total. The second-order valence-electron chi connectivity index (χ2n) is 13.2. The van der Waals surface area contributed by atoms with E-state index in [1.165, 1.54) is 0 Å². The van der Waals surface area contributed by atoms with E-state index >= 15 is 0 Å². The summed E-state index contributed by atoms with van der Waals surface area (Å²) in [4.78, 5) is 7.23. The number of benzene rings is 8. The number of nitrogens with zero attached hydrogens (tertiary/aromatic N) is 2. The topological polar surface area (TPSA) is 55.6 Å². The minimum absolute atomic E-state index is 0.572. The van der Waals surface area contributed by atoms with Crippen LogP contribution in [-0.2, 0) is 0 Å². The van der Waals surface area contributed by atoms with Crippen LogP contribution in [0.2, 0.25) is 0 Å². The van der Waals surface area contributed by atoms with Crippen LogP contribution < -0.4 is 4.90 Å². The van der Waals surface area contributed by atoms with Gasteiger partial charge in [0.15, 0.2) is 5.58 Å². The van der Waals surface area contributed by atoms with Crippen LogP contribution in [0.1, 0.15) is 0 Å². The first-order valence-corrected chi connectivity index (χ1v) is 17.4. The van der Waals surface area contributed by atoms with Crippen LogP contribution in [-0.4, -0.2) is 4.98 Å². The highest BCUT2D eigenvalue weighted by Crippen LogP contribution is 2.43. The van der Waals surface area contributed by atoms with Gasteiger partial charge in [-0.2, -0.15) is 0 Å². The second-order valence-corrected chi connectivity index (χ2v) is 13.2. The molecule has 3 heterocycles. The fourth-order valence-corrected chi connectivity index (χ4v) is 7.62. The zero-order valence-electron chi connectivity index (χ0n) is 27.8. The summed E-state index contributed by atoms with van der Waals surface area (Å²) in [6.07, 6.45) is 0. The third kappa shape index (κ3) is 4.53. The molecule has 8 aromatic carbocycles.